The van der Waals surface area contributed by atoms with Crippen molar-refractivity contribution < 1.29 is 33.8 Å². The van der Waals surface area contributed by atoms with Crippen LogP contribution < -0.4 is 0 Å². The van der Waals surface area contributed by atoms with Crippen LogP contribution in [0.5, 0.6) is 0 Å². The van der Waals surface area contributed by atoms with Gasteiger partial charge in [0.1, 0.15) is 6.10 Å². The lowest BCUT2D eigenvalue weighted by molar-refractivity contribution is -0.149. The van der Waals surface area contributed by atoms with E-state index in [9.17, 15) is 19.2 Å². The van der Waals surface area contributed by atoms with Gasteiger partial charge < -0.3 is 14.6 Å². The fraction of sp³-hybridized carbons (Fsp3) is 0.704. The van der Waals surface area contributed by atoms with Crippen LogP contribution in [0.15, 0.2) is 24.3 Å². The summed E-state index contributed by atoms with van der Waals surface area (Å²) in [6.07, 6.45) is 15.6. The van der Waals surface area contributed by atoms with Crippen LogP contribution in [0, 0.1) is 17.8 Å². The Labute approximate surface area is 204 Å². The predicted octanol–water partition coefficient (Wildman–Crippen LogP) is 5.42. The second kappa shape index (κ2) is 17.1. The second-order valence-corrected chi connectivity index (χ2v) is 9.17. The molecule has 0 bridgehead atoms. The van der Waals surface area contributed by atoms with Gasteiger partial charge in [-0.3, -0.25) is 19.2 Å². The van der Waals surface area contributed by atoms with E-state index < -0.39 is 5.97 Å². The first-order valence-corrected chi connectivity index (χ1v) is 12.6. The van der Waals surface area contributed by atoms with Gasteiger partial charge in [-0.15, -0.1) is 0 Å². The molecular weight excluding hydrogens is 436 g/mol. The van der Waals surface area contributed by atoms with Gasteiger partial charge in [0.15, 0.2) is 5.78 Å². The van der Waals surface area contributed by atoms with Gasteiger partial charge in [0.2, 0.25) is 0 Å². The molecule has 7 heteroatoms. The van der Waals surface area contributed by atoms with Crippen molar-refractivity contribution >= 4 is 23.7 Å². The zero-order chi connectivity index (χ0) is 25.3. The predicted molar refractivity (Wildman–Crippen MR) is 130 cm³/mol. The number of hydrogen-bond acceptors (Lipinski definition) is 6. The van der Waals surface area contributed by atoms with Crippen molar-refractivity contribution in [2.75, 3.05) is 6.61 Å². The number of aliphatic carboxylic acids is 1. The third-order valence-corrected chi connectivity index (χ3v) is 6.24. The molecule has 0 heterocycles. The zero-order valence-corrected chi connectivity index (χ0v) is 21.0. The lowest BCUT2D eigenvalue weighted by atomic mass is 9.86. The number of esters is 2. The van der Waals surface area contributed by atoms with Crippen LogP contribution in [-0.2, 0) is 28.7 Å². The Hall–Kier alpha value is -2.44. The number of ketones is 1. The van der Waals surface area contributed by atoms with E-state index in [1.807, 2.05) is 18.2 Å². The monoisotopic (exact) mass is 478 g/mol. The number of unbranched alkanes of at least 4 members (excludes halogenated alkanes) is 5. The molecule has 0 amide bonds. The van der Waals surface area contributed by atoms with E-state index in [1.54, 1.807) is 6.08 Å². The molecule has 7 nitrogen and oxygen atoms in total. The van der Waals surface area contributed by atoms with Gasteiger partial charge in [-0.1, -0.05) is 50.8 Å². The van der Waals surface area contributed by atoms with Gasteiger partial charge in [0.25, 0.3) is 0 Å². The topological polar surface area (TPSA) is 107 Å². The molecule has 4 atom stereocenters. The molecule has 1 fully saturated rings. The number of rotatable bonds is 17. The quantitative estimate of drug-likeness (QED) is 0.129. The van der Waals surface area contributed by atoms with E-state index in [2.05, 4.69) is 6.92 Å². The lowest BCUT2D eigenvalue weighted by Gasteiger charge is -2.23. The maximum absolute atomic E-state index is 12.4. The Morgan fingerprint density at radius 3 is 2.32 bits per heavy atom. The summed E-state index contributed by atoms with van der Waals surface area (Å²) in [4.78, 5) is 46.2. The van der Waals surface area contributed by atoms with E-state index in [1.165, 1.54) is 20.3 Å². The first-order chi connectivity index (χ1) is 16.2. The van der Waals surface area contributed by atoms with Crippen molar-refractivity contribution in [2.45, 2.75) is 97.5 Å². The van der Waals surface area contributed by atoms with E-state index >= 15 is 0 Å². The Bertz CT molecular complexity index is 710. The van der Waals surface area contributed by atoms with E-state index in [-0.39, 0.29) is 54.6 Å². The van der Waals surface area contributed by atoms with Crippen LogP contribution in [-0.4, -0.2) is 41.5 Å². The molecule has 0 spiro atoms. The molecule has 1 saturated carbocycles. The molecule has 192 valence electrons. The molecular formula is C27H42O7. The van der Waals surface area contributed by atoms with Gasteiger partial charge in [0.05, 0.1) is 6.61 Å². The summed E-state index contributed by atoms with van der Waals surface area (Å²) in [6.45, 7) is 5.12. The van der Waals surface area contributed by atoms with Gasteiger partial charge in [0, 0.05) is 38.5 Å². The fourth-order valence-corrected chi connectivity index (χ4v) is 4.54. The summed E-state index contributed by atoms with van der Waals surface area (Å²) in [5, 5.41) is 8.77. The Balaban J connectivity index is 2.87. The summed E-state index contributed by atoms with van der Waals surface area (Å²) in [7, 11) is 0. The summed E-state index contributed by atoms with van der Waals surface area (Å²) >= 11 is 0. The fourth-order valence-electron chi connectivity index (χ4n) is 4.54. The van der Waals surface area contributed by atoms with Crippen molar-refractivity contribution in [1.29, 1.82) is 0 Å². The average Bonchev–Trinajstić information content (AvgIpc) is 3.08. The SMILES string of the molecule is CCCCCCCC(=O)/C=C/[C@H]1[C@H](COC(C)=O)CC(OC(C)=O)[C@@H]1C/C=C\CCCC(=O)O. The zero-order valence-electron chi connectivity index (χ0n) is 21.0. The molecule has 0 radical (unpaired) electrons. The summed E-state index contributed by atoms with van der Waals surface area (Å²) < 4.78 is 10.9. The largest absolute Gasteiger partial charge is 0.481 e. The van der Waals surface area contributed by atoms with Crippen molar-refractivity contribution in [1.82, 2.24) is 0 Å². The minimum Gasteiger partial charge on any atom is -0.481 e. The molecule has 0 aromatic rings. The van der Waals surface area contributed by atoms with Crippen LogP contribution >= 0.6 is 0 Å². The minimum atomic E-state index is -0.812. The maximum Gasteiger partial charge on any atom is 0.303 e. The lowest BCUT2D eigenvalue weighted by Crippen LogP contribution is -2.24. The maximum atomic E-state index is 12.4. The molecule has 1 rings (SSSR count). The van der Waals surface area contributed by atoms with Gasteiger partial charge in [-0.2, -0.15) is 0 Å². The number of carboxylic acid groups (broad SMARTS) is 1. The normalized spacial score (nSPS) is 22.3. The summed E-state index contributed by atoms with van der Waals surface area (Å²) in [6, 6.07) is 0. The second-order valence-electron chi connectivity index (χ2n) is 9.17. The molecule has 0 aromatic heterocycles. The molecule has 1 unspecified atom stereocenters. The highest BCUT2D eigenvalue weighted by Gasteiger charge is 2.43. The number of carbonyl (C=O) groups excluding carboxylic acids is 3. The number of carbonyl (C=O) groups is 4. The Kier molecular flexibility index (Phi) is 14.9. The van der Waals surface area contributed by atoms with Gasteiger partial charge in [-0.05, 0) is 44.1 Å². The smallest absolute Gasteiger partial charge is 0.303 e. The van der Waals surface area contributed by atoms with Crippen molar-refractivity contribution in [3.8, 4) is 0 Å². The Morgan fingerprint density at radius 1 is 0.941 bits per heavy atom. The molecule has 1 aliphatic rings. The average molecular weight is 479 g/mol. The van der Waals surface area contributed by atoms with E-state index in [4.69, 9.17) is 14.6 Å². The number of ether oxygens (including phenoxy) is 2. The van der Waals surface area contributed by atoms with Crippen molar-refractivity contribution in [3.63, 3.8) is 0 Å². The molecule has 1 N–H and O–H groups in total. The highest BCUT2D eigenvalue weighted by molar-refractivity contribution is 5.89. The van der Waals surface area contributed by atoms with Crippen molar-refractivity contribution in [3.05, 3.63) is 24.3 Å². The number of allylic oxidation sites excluding steroid dienone is 4. The third kappa shape index (κ3) is 12.7. The van der Waals surface area contributed by atoms with Crippen LogP contribution in [0.4, 0.5) is 0 Å². The van der Waals surface area contributed by atoms with E-state index in [0.717, 1.165) is 25.7 Å². The molecule has 34 heavy (non-hydrogen) atoms. The van der Waals surface area contributed by atoms with Crippen LogP contribution in [0.1, 0.15) is 91.4 Å². The van der Waals surface area contributed by atoms with Crippen LogP contribution in [0.2, 0.25) is 0 Å². The molecule has 0 aromatic carbocycles. The van der Waals surface area contributed by atoms with E-state index in [0.29, 0.717) is 32.1 Å². The highest BCUT2D eigenvalue weighted by atomic mass is 16.5. The van der Waals surface area contributed by atoms with Gasteiger partial charge >= 0.3 is 17.9 Å². The first-order valence-electron chi connectivity index (χ1n) is 12.6. The standard InChI is InChI=1S/C27H42O7/c1-4-5-6-7-10-13-23(30)16-17-24-22(19-33-20(2)28)18-26(34-21(3)29)25(24)14-11-8-9-12-15-27(31)32/h8,11,16-17,22,24-26H,4-7,9-10,12-15,18-19H2,1-3H3,(H,31,32)/b11-8-,17-16+/t22-,24-,25+,26?/m0/s1. The van der Waals surface area contributed by atoms with Crippen molar-refractivity contribution in [2.24, 2.45) is 17.8 Å². The summed E-state index contributed by atoms with van der Waals surface area (Å²) in [5.41, 5.74) is 0. The molecule has 0 aliphatic heterocycles. The highest BCUT2D eigenvalue weighted by Crippen LogP contribution is 2.42. The van der Waals surface area contributed by atoms with Gasteiger partial charge in [-0.25, -0.2) is 0 Å². The Morgan fingerprint density at radius 2 is 1.68 bits per heavy atom. The third-order valence-electron chi connectivity index (χ3n) is 6.24. The molecule has 1 aliphatic carbocycles. The number of hydrogen-bond donors (Lipinski definition) is 1. The minimum absolute atomic E-state index is 0.0474. The first kappa shape index (κ1) is 29.6. The van der Waals surface area contributed by atoms with Crippen LogP contribution in [0.25, 0.3) is 0 Å². The molecule has 0 saturated heterocycles. The number of carboxylic acids is 1. The van der Waals surface area contributed by atoms with Crippen LogP contribution in [0.3, 0.4) is 0 Å². The summed E-state index contributed by atoms with van der Waals surface area (Å²) in [5.74, 6) is -1.62.